The molecule has 6 heteroatoms. The number of guanidine groups is 1. The second-order valence-electron chi connectivity index (χ2n) is 7.99. The van der Waals surface area contributed by atoms with Gasteiger partial charge >= 0.3 is 0 Å². The van der Waals surface area contributed by atoms with Crippen molar-refractivity contribution in [2.75, 3.05) is 47.4 Å². The zero-order chi connectivity index (χ0) is 20.7. The molecule has 1 aliphatic rings. The zero-order valence-corrected chi connectivity index (χ0v) is 18.6. The maximum absolute atomic E-state index is 5.97. The first kappa shape index (κ1) is 23.5. The molecule has 1 aliphatic carbocycles. The molecule has 0 heterocycles. The van der Waals surface area contributed by atoms with Gasteiger partial charge in [-0.1, -0.05) is 31.4 Å². The second-order valence-corrected chi connectivity index (χ2v) is 7.99. The molecule has 2 rings (SSSR count). The van der Waals surface area contributed by atoms with Gasteiger partial charge in [0.2, 0.25) is 0 Å². The van der Waals surface area contributed by atoms with E-state index < -0.39 is 0 Å². The summed E-state index contributed by atoms with van der Waals surface area (Å²) in [4.78, 5) is 6.47. The van der Waals surface area contributed by atoms with Crippen LogP contribution in [0.25, 0.3) is 0 Å². The van der Waals surface area contributed by atoms with E-state index in [1.165, 1.54) is 37.7 Å². The van der Waals surface area contributed by atoms with Gasteiger partial charge in [0.05, 0.1) is 12.7 Å². The molecule has 0 atom stereocenters. The van der Waals surface area contributed by atoms with Crippen LogP contribution in [0.2, 0.25) is 0 Å². The lowest BCUT2D eigenvalue weighted by Crippen LogP contribution is -2.37. The van der Waals surface area contributed by atoms with Crippen molar-refractivity contribution in [3.63, 3.8) is 0 Å². The molecule has 0 radical (unpaired) electrons. The van der Waals surface area contributed by atoms with Crippen molar-refractivity contribution in [3.05, 3.63) is 29.8 Å². The normalized spacial score (nSPS) is 15.5. The lowest BCUT2D eigenvalue weighted by molar-refractivity contribution is 0.0277. The van der Waals surface area contributed by atoms with Gasteiger partial charge in [-0.15, -0.1) is 0 Å². The van der Waals surface area contributed by atoms with Crippen LogP contribution in [-0.2, 0) is 11.3 Å². The third-order valence-electron chi connectivity index (χ3n) is 5.14. The van der Waals surface area contributed by atoms with Gasteiger partial charge in [0.15, 0.2) is 5.96 Å². The predicted molar refractivity (Wildman–Crippen MR) is 121 cm³/mol. The Morgan fingerprint density at radius 3 is 2.48 bits per heavy atom. The number of aliphatic imine (C=N–C) groups is 1. The smallest absolute Gasteiger partial charge is 0.191 e. The summed E-state index contributed by atoms with van der Waals surface area (Å²) in [5.74, 6) is 1.75. The Kier molecular flexibility index (Phi) is 11.5. The monoisotopic (exact) mass is 404 g/mol. The first-order chi connectivity index (χ1) is 14.2. The molecule has 2 N–H and O–H groups in total. The van der Waals surface area contributed by atoms with Crippen LogP contribution in [0, 0.1) is 0 Å². The van der Waals surface area contributed by atoms with Crippen molar-refractivity contribution in [2.24, 2.45) is 4.99 Å². The van der Waals surface area contributed by atoms with Crippen LogP contribution >= 0.6 is 0 Å². The molecule has 0 amide bonds. The van der Waals surface area contributed by atoms with E-state index in [0.717, 1.165) is 57.4 Å². The number of ether oxygens (including phenoxy) is 2. The van der Waals surface area contributed by atoms with E-state index in [9.17, 15) is 0 Å². The predicted octanol–water partition coefficient (Wildman–Crippen LogP) is 3.42. The fraction of sp³-hybridized carbons (Fsp3) is 0.696. The van der Waals surface area contributed by atoms with Gasteiger partial charge in [-0.3, -0.25) is 4.99 Å². The average Bonchev–Trinajstić information content (AvgIpc) is 2.74. The third kappa shape index (κ3) is 10.5. The van der Waals surface area contributed by atoms with Crippen LogP contribution in [-0.4, -0.2) is 64.4 Å². The fourth-order valence-corrected chi connectivity index (χ4v) is 3.44. The molecule has 0 saturated heterocycles. The number of rotatable bonds is 12. The number of hydrogen-bond donors (Lipinski definition) is 2. The summed E-state index contributed by atoms with van der Waals surface area (Å²) in [5, 5.41) is 6.72. The molecular formula is C23H40N4O2. The third-order valence-corrected chi connectivity index (χ3v) is 5.14. The molecule has 1 saturated carbocycles. The Morgan fingerprint density at radius 1 is 1.03 bits per heavy atom. The molecular weight excluding hydrogens is 364 g/mol. The summed E-state index contributed by atoms with van der Waals surface area (Å²) in [6.45, 7) is 4.22. The summed E-state index contributed by atoms with van der Waals surface area (Å²) >= 11 is 0. The number of benzene rings is 1. The van der Waals surface area contributed by atoms with Crippen LogP contribution < -0.4 is 15.4 Å². The highest BCUT2D eigenvalue weighted by molar-refractivity contribution is 5.79. The van der Waals surface area contributed by atoms with E-state index >= 15 is 0 Å². The topological polar surface area (TPSA) is 58.1 Å². The SMILES string of the molecule is CN=C(NCCCOC1CCCCC1)NCc1ccc(OCCCN(C)C)cc1. The van der Waals surface area contributed by atoms with Gasteiger partial charge in [0.1, 0.15) is 5.75 Å². The molecule has 0 bridgehead atoms. The minimum atomic E-state index is 0.487. The molecule has 29 heavy (non-hydrogen) atoms. The molecule has 1 aromatic rings. The van der Waals surface area contributed by atoms with Crippen molar-refractivity contribution in [1.29, 1.82) is 0 Å². The number of hydrogen-bond acceptors (Lipinski definition) is 4. The van der Waals surface area contributed by atoms with E-state index in [1.807, 2.05) is 12.1 Å². The maximum atomic E-state index is 5.97. The van der Waals surface area contributed by atoms with Crippen LogP contribution in [0.3, 0.4) is 0 Å². The Bertz CT molecular complexity index is 569. The largest absolute Gasteiger partial charge is 0.494 e. The van der Waals surface area contributed by atoms with Crippen molar-refractivity contribution < 1.29 is 9.47 Å². The van der Waals surface area contributed by atoms with E-state index in [2.05, 4.69) is 46.8 Å². The number of nitrogens with zero attached hydrogens (tertiary/aromatic N) is 2. The Morgan fingerprint density at radius 2 is 1.79 bits per heavy atom. The van der Waals surface area contributed by atoms with Gasteiger partial charge in [-0.2, -0.15) is 0 Å². The van der Waals surface area contributed by atoms with E-state index in [1.54, 1.807) is 7.05 Å². The first-order valence-corrected chi connectivity index (χ1v) is 11.1. The number of nitrogens with one attached hydrogen (secondary N) is 2. The Hall–Kier alpha value is -1.79. The lowest BCUT2D eigenvalue weighted by Gasteiger charge is -2.22. The molecule has 0 spiro atoms. The van der Waals surface area contributed by atoms with Crippen LogP contribution in [0.1, 0.15) is 50.5 Å². The van der Waals surface area contributed by atoms with Crippen molar-refractivity contribution >= 4 is 5.96 Å². The van der Waals surface area contributed by atoms with Crippen LogP contribution in [0.15, 0.2) is 29.3 Å². The average molecular weight is 405 g/mol. The molecule has 0 unspecified atom stereocenters. The highest BCUT2D eigenvalue weighted by atomic mass is 16.5. The maximum Gasteiger partial charge on any atom is 0.191 e. The minimum absolute atomic E-state index is 0.487. The molecule has 0 aromatic heterocycles. The molecule has 1 fully saturated rings. The first-order valence-electron chi connectivity index (χ1n) is 11.1. The summed E-state index contributed by atoms with van der Waals surface area (Å²) in [6, 6.07) is 8.26. The summed E-state index contributed by atoms with van der Waals surface area (Å²) in [7, 11) is 5.96. The van der Waals surface area contributed by atoms with Gasteiger partial charge in [0.25, 0.3) is 0 Å². The van der Waals surface area contributed by atoms with Crippen LogP contribution in [0.5, 0.6) is 5.75 Å². The van der Waals surface area contributed by atoms with Gasteiger partial charge in [0, 0.05) is 33.3 Å². The fourth-order valence-electron chi connectivity index (χ4n) is 3.44. The van der Waals surface area contributed by atoms with E-state index in [4.69, 9.17) is 9.47 Å². The quantitative estimate of drug-likeness (QED) is 0.318. The van der Waals surface area contributed by atoms with Crippen molar-refractivity contribution in [1.82, 2.24) is 15.5 Å². The van der Waals surface area contributed by atoms with E-state index in [0.29, 0.717) is 6.10 Å². The minimum Gasteiger partial charge on any atom is -0.494 e. The molecule has 1 aromatic carbocycles. The Labute approximate surface area is 177 Å². The highest BCUT2D eigenvalue weighted by Crippen LogP contribution is 2.20. The molecule has 0 aliphatic heterocycles. The van der Waals surface area contributed by atoms with Crippen molar-refractivity contribution in [2.45, 2.75) is 57.6 Å². The summed E-state index contributed by atoms with van der Waals surface area (Å²) < 4.78 is 11.8. The second kappa shape index (κ2) is 14.2. The molecule has 6 nitrogen and oxygen atoms in total. The summed E-state index contributed by atoms with van der Waals surface area (Å²) in [5.41, 5.74) is 1.20. The van der Waals surface area contributed by atoms with Gasteiger partial charge in [-0.05, 0) is 57.5 Å². The summed E-state index contributed by atoms with van der Waals surface area (Å²) in [6.07, 6.45) is 9.00. The standard InChI is InChI=1S/C23H40N4O2/c1-24-23(25-15-7-17-28-21-9-5-4-6-10-21)26-19-20-11-13-22(14-12-20)29-18-8-16-27(2)3/h11-14,21H,4-10,15-19H2,1-3H3,(H2,24,25,26). The van der Waals surface area contributed by atoms with E-state index in [-0.39, 0.29) is 0 Å². The Balaban J connectivity index is 1.56. The van der Waals surface area contributed by atoms with Gasteiger partial charge < -0.3 is 25.0 Å². The highest BCUT2D eigenvalue weighted by Gasteiger charge is 2.12. The van der Waals surface area contributed by atoms with Crippen molar-refractivity contribution in [3.8, 4) is 5.75 Å². The van der Waals surface area contributed by atoms with Crippen LogP contribution in [0.4, 0.5) is 0 Å². The van der Waals surface area contributed by atoms with Gasteiger partial charge in [-0.25, -0.2) is 0 Å². The molecule has 164 valence electrons. The lowest BCUT2D eigenvalue weighted by atomic mass is 9.98. The zero-order valence-electron chi connectivity index (χ0n) is 18.6.